The van der Waals surface area contributed by atoms with Crippen molar-refractivity contribution in [3.63, 3.8) is 0 Å². The van der Waals surface area contributed by atoms with E-state index in [0.29, 0.717) is 13.0 Å². The zero-order valence-electron chi connectivity index (χ0n) is 11.9. The Morgan fingerprint density at radius 2 is 2.05 bits per heavy atom. The molecule has 3 N–H and O–H groups in total. The van der Waals surface area contributed by atoms with Crippen molar-refractivity contribution in [2.24, 2.45) is 5.73 Å². The van der Waals surface area contributed by atoms with Crippen LogP contribution in [0, 0.1) is 0 Å². The Morgan fingerprint density at radius 3 is 2.75 bits per heavy atom. The molecule has 0 saturated heterocycles. The van der Waals surface area contributed by atoms with Gasteiger partial charge < -0.3 is 15.4 Å². The molecule has 0 aliphatic rings. The number of benzene rings is 1. The highest BCUT2D eigenvalue weighted by atomic mass is 16.3. The second-order valence-electron chi connectivity index (χ2n) is 5.17. The summed E-state index contributed by atoms with van der Waals surface area (Å²) in [5.74, 6) is 1.01. The van der Waals surface area contributed by atoms with Crippen molar-refractivity contribution in [3.05, 3.63) is 54.1 Å². The zero-order chi connectivity index (χ0) is 14.4. The maximum absolute atomic E-state index is 10.3. The highest BCUT2D eigenvalue weighted by Crippen LogP contribution is 2.08. The van der Waals surface area contributed by atoms with E-state index < -0.39 is 6.10 Å². The number of imidazole rings is 1. The predicted molar refractivity (Wildman–Crippen MR) is 80.4 cm³/mol. The third-order valence-electron chi connectivity index (χ3n) is 3.47. The molecule has 2 rings (SSSR count). The lowest BCUT2D eigenvalue weighted by atomic mass is 10.0. The van der Waals surface area contributed by atoms with E-state index in [4.69, 9.17) is 5.73 Å². The lowest BCUT2D eigenvalue weighted by molar-refractivity contribution is 0.124. The van der Waals surface area contributed by atoms with Gasteiger partial charge in [-0.3, -0.25) is 0 Å². The van der Waals surface area contributed by atoms with Crippen LogP contribution in [0.5, 0.6) is 0 Å². The monoisotopic (exact) mass is 273 g/mol. The number of aromatic nitrogens is 2. The quantitative estimate of drug-likeness (QED) is 0.808. The molecule has 1 aromatic carbocycles. The molecule has 4 heteroatoms. The van der Waals surface area contributed by atoms with Crippen LogP contribution in [0.1, 0.15) is 24.7 Å². The van der Waals surface area contributed by atoms with Crippen LogP contribution in [-0.2, 0) is 19.4 Å². The molecule has 0 saturated carbocycles. The van der Waals surface area contributed by atoms with E-state index in [1.165, 1.54) is 0 Å². The van der Waals surface area contributed by atoms with E-state index in [1.807, 2.05) is 41.1 Å². The van der Waals surface area contributed by atoms with Crippen LogP contribution in [0.2, 0.25) is 0 Å². The first-order valence-corrected chi connectivity index (χ1v) is 7.18. The number of aliphatic hydroxyl groups is 1. The SMILES string of the molecule is CCCc1nccn1CC(O)C(N)Cc1ccccc1. The third-order valence-corrected chi connectivity index (χ3v) is 3.47. The molecule has 1 heterocycles. The van der Waals surface area contributed by atoms with Crippen molar-refractivity contribution in [1.29, 1.82) is 0 Å². The van der Waals surface area contributed by atoms with Gasteiger partial charge in [-0.25, -0.2) is 4.98 Å². The van der Waals surface area contributed by atoms with Gasteiger partial charge in [0, 0.05) is 24.9 Å². The fourth-order valence-corrected chi connectivity index (χ4v) is 2.32. The van der Waals surface area contributed by atoms with Crippen LogP contribution in [0.4, 0.5) is 0 Å². The minimum atomic E-state index is -0.569. The molecule has 1 aromatic heterocycles. The number of hydrogen-bond acceptors (Lipinski definition) is 3. The van der Waals surface area contributed by atoms with Crippen molar-refractivity contribution in [2.75, 3.05) is 0 Å². The maximum atomic E-state index is 10.3. The molecule has 2 unspecified atom stereocenters. The maximum Gasteiger partial charge on any atom is 0.108 e. The number of aryl methyl sites for hydroxylation is 1. The van der Waals surface area contributed by atoms with Gasteiger partial charge in [0.05, 0.1) is 12.6 Å². The normalized spacial score (nSPS) is 14.2. The highest BCUT2D eigenvalue weighted by Gasteiger charge is 2.17. The first-order valence-electron chi connectivity index (χ1n) is 7.18. The van der Waals surface area contributed by atoms with Crippen molar-refractivity contribution in [2.45, 2.75) is 44.9 Å². The Morgan fingerprint density at radius 1 is 1.30 bits per heavy atom. The Hall–Kier alpha value is -1.65. The van der Waals surface area contributed by atoms with Gasteiger partial charge in [-0.1, -0.05) is 37.3 Å². The van der Waals surface area contributed by atoms with E-state index in [0.717, 1.165) is 24.2 Å². The lowest BCUT2D eigenvalue weighted by Gasteiger charge is -2.20. The van der Waals surface area contributed by atoms with Gasteiger partial charge >= 0.3 is 0 Å². The van der Waals surface area contributed by atoms with Gasteiger partial charge in [-0.15, -0.1) is 0 Å². The molecule has 0 spiro atoms. The Balaban J connectivity index is 1.93. The first-order chi connectivity index (χ1) is 9.70. The second-order valence-corrected chi connectivity index (χ2v) is 5.17. The summed E-state index contributed by atoms with van der Waals surface area (Å²) < 4.78 is 2.00. The first kappa shape index (κ1) is 14.8. The summed E-state index contributed by atoms with van der Waals surface area (Å²) in [6.07, 6.45) is 5.76. The van der Waals surface area contributed by atoms with Crippen LogP contribution in [-0.4, -0.2) is 26.8 Å². The summed E-state index contributed by atoms with van der Waals surface area (Å²) >= 11 is 0. The molecule has 0 bridgehead atoms. The fourth-order valence-electron chi connectivity index (χ4n) is 2.32. The van der Waals surface area contributed by atoms with Gasteiger partial charge in [-0.2, -0.15) is 0 Å². The van der Waals surface area contributed by atoms with Crippen LogP contribution in [0.15, 0.2) is 42.7 Å². The molecule has 2 aromatic rings. The molecular weight excluding hydrogens is 250 g/mol. The molecule has 0 fully saturated rings. The van der Waals surface area contributed by atoms with E-state index in [2.05, 4.69) is 11.9 Å². The molecule has 2 atom stereocenters. The van der Waals surface area contributed by atoms with Crippen LogP contribution in [0.3, 0.4) is 0 Å². The number of hydrogen-bond donors (Lipinski definition) is 2. The number of nitrogens with two attached hydrogens (primary N) is 1. The van der Waals surface area contributed by atoms with Crippen molar-refractivity contribution in [1.82, 2.24) is 9.55 Å². The molecule has 108 valence electrons. The summed E-state index contributed by atoms with van der Waals surface area (Å²) in [6.45, 7) is 2.62. The molecule has 0 aliphatic heterocycles. The molecule has 0 amide bonds. The summed E-state index contributed by atoms with van der Waals surface area (Å²) in [5, 5.41) is 10.3. The number of aliphatic hydroxyl groups excluding tert-OH is 1. The lowest BCUT2D eigenvalue weighted by Crippen LogP contribution is -2.39. The van der Waals surface area contributed by atoms with Gasteiger partial charge in [0.1, 0.15) is 5.82 Å². The average molecular weight is 273 g/mol. The molecule has 0 aliphatic carbocycles. The Bertz CT molecular complexity index is 509. The van der Waals surface area contributed by atoms with Crippen molar-refractivity contribution >= 4 is 0 Å². The molecule has 20 heavy (non-hydrogen) atoms. The smallest absolute Gasteiger partial charge is 0.108 e. The van der Waals surface area contributed by atoms with E-state index >= 15 is 0 Å². The van der Waals surface area contributed by atoms with Gasteiger partial charge in [0.2, 0.25) is 0 Å². The minimum Gasteiger partial charge on any atom is -0.390 e. The summed E-state index contributed by atoms with van der Waals surface area (Å²) in [6, 6.07) is 9.76. The van der Waals surface area contributed by atoms with Gasteiger partial charge in [0.15, 0.2) is 0 Å². The number of rotatable bonds is 7. The number of nitrogens with zero attached hydrogens (tertiary/aromatic N) is 2. The van der Waals surface area contributed by atoms with E-state index in [9.17, 15) is 5.11 Å². The largest absolute Gasteiger partial charge is 0.390 e. The fraction of sp³-hybridized carbons (Fsp3) is 0.438. The topological polar surface area (TPSA) is 64.1 Å². The Kier molecular flexibility index (Phi) is 5.32. The van der Waals surface area contributed by atoms with Gasteiger partial charge in [-0.05, 0) is 18.4 Å². The van der Waals surface area contributed by atoms with Crippen LogP contribution in [0.25, 0.3) is 0 Å². The van der Waals surface area contributed by atoms with Crippen LogP contribution < -0.4 is 5.73 Å². The van der Waals surface area contributed by atoms with Crippen molar-refractivity contribution in [3.8, 4) is 0 Å². The standard InChI is InChI=1S/C16H23N3O/c1-2-6-16-18-9-10-19(16)12-15(20)14(17)11-13-7-4-3-5-8-13/h3-5,7-10,14-15,20H,2,6,11-12,17H2,1H3. The molecular formula is C16H23N3O. The van der Waals surface area contributed by atoms with Crippen LogP contribution >= 0.6 is 0 Å². The summed E-state index contributed by atoms with van der Waals surface area (Å²) in [7, 11) is 0. The van der Waals surface area contributed by atoms with E-state index in [-0.39, 0.29) is 6.04 Å². The molecule has 4 nitrogen and oxygen atoms in total. The minimum absolute atomic E-state index is 0.269. The highest BCUT2D eigenvalue weighted by molar-refractivity contribution is 5.16. The summed E-state index contributed by atoms with van der Waals surface area (Å²) in [5.41, 5.74) is 7.26. The average Bonchev–Trinajstić information content (AvgIpc) is 2.87. The second kappa shape index (κ2) is 7.22. The summed E-state index contributed by atoms with van der Waals surface area (Å²) in [4.78, 5) is 4.31. The Labute approximate surface area is 120 Å². The van der Waals surface area contributed by atoms with Gasteiger partial charge in [0.25, 0.3) is 0 Å². The molecule has 0 radical (unpaired) electrons. The predicted octanol–water partition coefficient (Wildman–Crippen LogP) is 1.77. The third kappa shape index (κ3) is 3.92. The van der Waals surface area contributed by atoms with Crippen molar-refractivity contribution < 1.29 is 5.11 Å². The zero-order valence-corrected chi connectivity index (χ0v) is 11.9. The van der Waals surface area contributed by atoms with E-state index in [1.54, 1.807) is 6.20 Å².